The zero-order valence-corrected chi connectivity index (χ0v) is 9.37. The molecule has 1 aromatic heterocycles. The largest absolute Gasteiger partial charge is 0.319 e. The molecule has 0 aliphatic carbocycles. The van der Waals surface area contributed by atoms with Crippen molar-refractivity contribution in [2.45, 2.75) is 19.4 Å². The van der Waals surface area contributed by atoms with Gasteiger partial charge in [0.2, 0.25) is 0 Å². The third-order valence-corrected chi connectivity index (χ3v) is 2.94. The molecule has 2 aromatic rings. The molecule has 0 spiro atoms. The van der Waals surface area contributed by atoms with Gasteiger partial charge in [-0.25, -0.2) is 0 Å². The standard InChI is InChI=1S/C11H13N3S/c1-2-8-4-3-5-9(6-8)11(12)10-7-15-14-13-10/h3-7,11H,2,12H2,1H3. The van der Waals surface area contributed by atoms with E-state index < -0.39 is 0 Å². The van der Waals surface area contributed by atoms with Crippen LogP contribution in [0.2, 0.25) is 0 Å². The van der Waals surface area contributed by atoms with Crippen LogP contribution in [0.25, 0.3) is 0 Å². The molecule has 0 saturated heterocycles. The minimum atomic E-state index is -0.157. The lowest BCUT2D eigenvalue weighted by Gasteiger charge is -2.09. The number of nitrogens with zero attached hydrogens (tertiary/aromatic N) is 2. The van der Waals surface area contributed by atoms with E-state index in [0.29, 0.717) is 0 Å². The van der Waals surface area contributed by atoms with Crippen molar-refractivity contribution in [1.82, 2.24) is 9.59 Å². The van der Waals surface area contributed by atoms with Gasteiger partial charge in [0.15, 0.2) is 0 Å². The summed E-state index contributed by atoms with van der Waals surface area (Å²) in [7, 11) is 0. The van der Waals surface area contributed by atoms with Crippen molar-refractivity contribution >= 4 is 11.5 Å². The summed E-state index contributed by atoms with van der Waals surface area (Å²) < 4.78 is 3.82. The van der Waals surface area contributed by atoms with Crippen LogP contribution < -0.4 is 5.73 Å². The van der Waals surface area contributed by atoms with E-state index >= 15 is 0 Å². The molecule has 2 N–H and O–H groups in total. The first-order chi connectivity index (χ1) is 7.31. The molecule has 0 amide bonds. The van der Waals surface area contributed by atoms with Gasteiger partial charge < -0.3 is 5.73 Å². The van der Waals surface area contributed by atoms with Crippen LogP contribution in [0.4, 0.5) is 0 Å². The van der Waals surface area contributed by atoms with Gasteiger partial charge in [0.25, 0.3) is 0 Å². The first-order valence-corrected chi connectivity index (χ1v) is 5.76. The lowest BCUT2D eigenvalue weighted by atomic mass is 10.0. The summed E-state index contributed by atoms with van der Waals surface area (Å²) in [6.07, 6.45) is 1.02. The molecule has 15 heavy (non-hydrogen) atoms. The number of hydrogen-bond acceptors (Lipinski definition) is 4. The average Bonchev–Trinajstić information content (AvgIpc) is 2.81. The summed E-state index contributed by atoms with van der Waals surface area (Å²) in [5.74, 6) is 0. The molecule has 0 fully saturated rings. The van der Waals surface area contributed by atoms with Gasteiger partial charge in [-0.2, -0.15) is 0 Å². The Balaban J connectivity index is 2.29. The molecule has 0 radical (unpaired) electrons. The van der Waals surface area contributed by atoms with Crippen LogP contribution in [0.3, 0.4) is 0 Å². The van der Waals surface area contributed by atoms with Gasteiger partial charge in [-0.15, -0.1) is 5.10 Å². The fourth-order valence-electron chi connectivity index (χ4n) is 1.48. The van der Waals surface area contributed by atoms with Gasteiger partial charge in [-0.3, -0.25) is 0 Å². The van der Waals surface area contributed by atoms with E-state index in [2.05, 4.69) is 28.6 Å². The molecule has 0 bridgehead atoms. The van der Waals surface area contributed by atoms with Crippen molar-refractivity contribution < 1.29 is 0 Å². The highest BCUT2D eigenvalue weighted by atomic mass is 32.1. The van der Waals surface area contributed by atoms with Gasteiger partial charge >= 0.3 is 0 Å². The number of aromatic nitrogens is 2. The summed E-state index contributed by atoms with van der Waals surface area (Å²) in [6.45, 7) is 2.13. The lowest BCUT2D eigenvalue weighted by molar-refractivity contribution is 0.816. The van der Waals surface area contributed by atoms with Crippen molar-refractivity contribution in [3.8, 4) is 0 Å². The SMILES string of the molecule is CCc1cccc(C(N)c2csnn2)c1. The van der Waals surface area contributed by atoms with E-state index in [4.69, 9.17) is 5.73 Å². The Morgan fingerprint density at radius 3 is 3.00 bits per heavy atom. The molecule has 2 rings (SSSR count). The second-order valence-electron chi connectivity index (χ2n) is 3.41. The van der Waals surface area contributed by atoms with E-state index in [1.54, 1.807) is 0 Å². The van der Waals surface area contributed by atoms with Crippen molar-refractivity contribution in [1.29, 1.82) is 0 Å². The molecule has 1 unspecified atom stereocenters. The quantitative estimate of drug-likeness (QED) is 0.860. The highest BCUT2D eigenvalue weighted by Crippen LogP contribution is 2.19. The molecular formula is C11H13N3S. The van der Waals surface area contributed by atoms with E-state index in [1.807, 2.05) is 17.5 Å². The van der Waals surface area contributed by atoms with Crippen LogP contribution in [0.5, 0.6) is 0 Å². The summed E-state index contributed by atoms with van der Waals surface area (Å²) in [5.41, 5.74) is 9.33. The summed E-state index contributed by atoms with van der Waals surface area (Å²) in [4.78, 5) is 0. The maximum Gasteiger partial charge on any atom is 0.0967 e. The van der Waals surface area contributed by atoms with Crippen molar-refractivity contribution in [2.24, 2.45) is 5.73 Å². The van der Waals surface area contributed by atoms with Crippen LogP contribution in [0.1, 0.15) is 29.8 Å². The third kappa shape index (κ3) is 2.22. The molecule has 1 heterocycles. The van der Waals surface area contributed by atoms with Gasteiger partial charge in [0.1, 0.15) is 0 Å². The Morgan fingerprint density at radius 1 is 1.47 bits per heavy atom. The minimum Gasteiger partial charge on any atom is -0.319 e. The highest BCUT2D eigenvalue weighted by molar-refractivity contribution is 7.03. The number of nitrogens with two attached hydrogens (primary N) is 1. The van der Waals surface area contributed by atoms with E-state index in [-0.39, 0.29) is 6.04 Å². The second-order valence-corrected chi connectivity index (χ2v) is 4.02. The van der Waals surface area contributed by atoms with Gasteiger partial charge in [-0.05, 0) is 29.1 Å². The van der Waals surface area contributed by atoms with Crippen LogP contribution in [0, 0.1) is 0 Å². The second kappa shape index (κ2) is 4.51. The van der Waals surface area contributed by atoms with Crippen molar-refractivity contribution in [3.63, 3.8) is 0 Å². The predicted octanol–water partition coefficient (Wildman–Crippen LogP) is 2.15. The molecule has 0 saturated carbocycles. The molecule has 78 valence electrons. The van der Waals surface area contributed by atoms with Gasteiger partial charge in [0.05, 0.1) is 11.7 Å². The number of aryl methyl sites for hydroxylation is 1. The van der Waals surface area contributed by atoms with E-state index in [1.165, 1.54) is 17.1 Å². The Morgan fingerprint density at radius 2 is 2.33 bits per heavy atom. The summed E-state index contributed by atoms with van der Waals surface area (Å²) >= 11 is 1.33. The van der Waals surface area contributed by atoms with Gasteiger partial charge in [0, 0.05) is 5.38 Å². The Bertz CT molecular complexity index is 425. The maximum atomic E-state index is 6.09. The summed E-state index contributed by atoms with van der Waals surface area (Å²) in [6, 6.07) is 8.14. The zero-order valence-electron chi connectivity index (χ0n) is 8.55. The highest BCUT2D eigenvalue weighted by Gasteiger charge is 2.11. The zero-order chi connectivity index (χ0) is 10.7. The summed E-state index contributed by atoms with van der Waals surface area (Å²) in [5, 5.41) is 5.88. The third-order valence-electron chi connectivity index (χ3n) is 2.41. The molecule has 0 aliphatic heterocycles. The molecule has 1 aromatic carbocycles. The normalized spacial score (nSPS) is 12.7. The lowest BCUT2D eigenvalue weighted by Crippen LogP contribution is -2.12. The molecule has 0 aliphatic rings. The first-order valence-electron chi connectivity index (χ1n) is 4.92. The monoisotopic (exact) mass is 219 g/mol. The fraction of sp³-hybridized carbons (Fsp3) is 0.273. The van der Waals surface area contributed by atoms with Crippen molar-refractivity contribution in [3.05, 3.63) is 46.5 Å². The van der Waals surface area contributed by atoms with Crippen LogP contribution in [-0.4, -0.2) is 9.59 Å². The Kier molecular flexibility index (Phi) is 3.08. The fourth-order valence-corrected chi connectivity index (χ4v) is 1.97. The van der Waals surface area contributed by atoms with E-state index in [0.717, 1.165) is 17.7 Å². The minimum absolute atomic E-state index is 0.157. The van der Waals surface area contributed by atoms with E-state index in [9.17, 15) is 0 Å². The molecular weight excluding hydrogens is 206 g/mol. The topological polar surface area (TPSA) is 51.8 Å². The first kappa shape index (κ1) is 10.3. The smallest absolute Gasteiger partial charge is 0.0967 e. The van der Waals surface area contributed by atoms with Gasteiger partial charge in [-0.1, -0.05) is 35.7 Å². The average molecular weight is 219 g/mol. The van der Waals surface area contributed by atoms with Crippen LogP contribution >= 0.6 is 11.5 Å². The molecule has 4 heteroatoms. The predicted molar refractivity (Wildman–Crippen MR) is 61.8 cm³/mol. The van der Waals surface area contributed by atoms with Crippen LogP contribution in [0.15, 0.2) is 29.6 Å². The molecule has 3 nitrogen and oxygen atoms in total. The number of rotatable bonds is 3. The molecule has 1 atom stereocenters. The van der Waals surface area contributed by atoms with Crippen molar-refractivity contribution in [2.75, 3.05) is 0 Å². The number of benzene rings is 1. The number of hydrogen-bond donors (Lipinski definition) is 1. The Labute approximate surface area is 93.1 Å². The maximum absolute atomic E-state index is 6.09. The van der Waals surface area contributed by atoms with Crippen LogP contribution in [-0.2, 0) is 6.42 Å². The Hall–Kier alpha value is -1.26.